The molecule has 1 amide bonds. The summed E-state index contributed by atoms with van der Waals surface area (Å²) < 4.78 is 50.1. The largest absolute Gasteiger partial charge is 0.394 e. The molecule has 25 atom stereocenters. The number of ether oxygens (including phenoxy) is 9. The van der Waals surface area contributed by atoms with E-state index in [0.29, 0.717) is 0 Å². The van der Waals surface area contributed by atoms with Gasteiger partial charge in [0.1, 0.15) is 122 Å². The lowest BCUT2D eigenvalue weighted by atomic mass is 9.94. The summed E-state index contributed by atoms with van der Waals surface area (Å²) in [6, 6.07) is -1.67. The van der Waals surface area contributed by atoms with Crippen molar-refractivity contribution >= 4 is 5.91 Å². The Morgan fingerprint density at radius 2 is 0.780 bits per heavy atom. The van der Waals surface area contributed by atoms with Gasteiger partial charge in [0.15, 0.2) is 31.5 Å². The molecule has 5 fully saturated rings. The van der Waals surface area contributed by atoms with Crippen LogP contribution in [0, 0.1) is 0 Å². The zero-order chi connectivity index (χ0) is 43.6. The minimum atomic E-state index is -2.15. The minimum absolute atomic E-state index is 0.805. The van der Waals surface area contributed by atoms with Crippen molar-refractivity contribution < 1.29 is 129 Å². The van der Waals surface area contributed by atoms with Crippen molar-refractivity contribution in [3.8, 4) is 0 Å². The van der Waals surface area contributed by atoms with Gasteiger partial charge in [-0.25, -0.2) is 0 Å². The third-order valence-corrected chi connectivity index (χ3v) is 10.7. The maximum absolute atomic E-state index is 12.4. The highest BCUT2D eigenvalue weighted by Crippen LogP contribution is 2.35. The molecule has 5 heterocycles. The lowest BCUT2D eigenvalue weighted by molar-refractivity contribution is -0.388. The van der Waals surface area contributed by atoms with Gasteiger partial charge in [0.2, 0.25) is 5.91 Å². The lowest BCUT2D eigenvalue weighted by Crippen LogP contribution is -2.70. The van der Waals surface area contributed by atoms with Crippen LogP contribution in [0.4, 0.5) is 0 Å². The number of amides is 1. The van der Waals surface area contributed by atoms with Crippen LogP contribution in [0.2, 0.25) is 0 Å². The highest BCUT2D eigenvalue weighted by atomic mass is 16.8. The normalized spacial score (nSPS) is 51.0. The molecule has 0 aromatic heterocycles. The Morgan fingerprint density at radius 3 is 1.29 bits per heavy atom. The summed E-state index contributed by atoms with van der Waals surface area (Å²) in [5.41, 5.74) is 0. The van der Waals surface area contributed by atoms with Gasteiger partial charge in [-0.05, 0) is 0 Å². The van der Waals surface area contributed by atoms with Gasteiger partial charge in [-0.3, -0.25) is 4.79 Å². The highest BCUT2D eigenvalue weighted by Gasteiger charge is 2.57. The molecule has 5 rings (SSSR count). The second kappa shape index (κ2) is 20.8. The van der Waals surface area contributed by atoms with E-state index in [1.54, 1.807) is 0 Å². The van der Waals surface area contributed by atoms with E-state index in [9.17, 15) is 86.5 Å². The summed E-state index contributed by atoms with van der Waals surface area (Å²) in [7, 11) is 0. The smallest absolute Gasteiger partial charge is 0.217 e. The first-order valence-corrected chi connectivity index (χ1v) is 18.6. The molecule has 5 aliphatic heterocycles. The Bertz CT molecular complexity index is 1320. The van der Waals surface area contributed by atoms with Crippen molar-refractivity contribution in [2.24, 2.45) is 0 Å². The molecule has 27 heteroatoms. The van der Waals surface area contributed by atoms with E-state index < -0.39 is 192 Å². The Labute approximate surface area is 333 Å². The second-order valence-electron chi connectivity index (χ2n) is 14.7. The van der Waals surface area contributed by atoms with E-state index in [4.69, 9.17) is 42.6 Å². The predicted octanol–water partition coefficient (Wildman–Crippen LogP) is -11.8. The molecule has 344 valence electrons. The van der Waals surface area contributed by atoms with Crippen LogP contribution < -0.4 is 5.32 Å². The van der Waals surface area contributed by atoms with Crippen LogP contribution in [-0.2, 0) is 47.4 Å². The predicted molar refractivity (Wildman–Crippen MR) is 178 cm³/mol. The molecule has 0 saturated carbocycles. The number of hydrogen-bond donors (Lipinski definition) is 17. The quantitative estimate of drug-likeness (QED) is 0.0770. The van der Waals surface area contributed by atoms with Crippen molar-refractivity contribution in [1.29, 1.82) is 0 Å². The Morgan fingerprint density at radius 1 is 0.407 bits per heavy atom. The summed E-state index contributed by atoms with van der Waals surface area (Å²) >= 11 is 0. The van der Waals surface area contributed by atoms with Gasteiger partial charge >= 0.3 is 0 Å². The fourth-order valence-corrected chi connectivity index (χ4v) is 7.43. The lowest BCUT2D eigenvalue weighted by Gasteiger charge is -2.50. The molecule has 0 spiro atoms. The maximum atomic E-state index is 12.4. The first kappa shape index (κ1) is 48.5. The molecule has 0 radical (unpaired) electrons. The number of aliphatic hydroxyl groups excluding tert-OH is 16. The first-order valence-electron chi connectivity index (χ1n) is 18.6. The van der Waals surface area contributed by atoms with Crippen molar-refractivity contribution in [3.05, 3.63) is 0 Å². The van der Waals surface area contributed by atoms with Crippen molar-refractivity contribution in [2.45, 2.75) is 160 Å². The minimum Gasteiger partial charge on any atom is -0.394 e. The average molecular weight is 870 g/mol. The Balaban J connectivity index is 1.35. The van der Waals surface area contributed by atoms with Crippen LogP contribution in [0.3, 0.4) is 0 Å². The van der Waals surface area contributed by atoms with Gasteiger partial charge < -0.3 is 130 Å². The molecule has 12 unspecified atom stereocenters. The van der Waals surface area contributed by atoms with Crippen LogP contribution in [-0.4, -0.2) is 274 Å². The number of rotatable bonds is 14. The van der Waals surface area contributed by atoms with E-state index in [-0.39, 0.29) is 0 Å². The number of hydrogen-bond acceptors (Lipinski definition) is 26. The van der Waals surface area contributed by atoms with E-state index in [2.05, 4.69) is 5.32 Å². The molecule has 0 bridgehead atoms. The zero-order valence-electron chi connectivity index (χ0n) is 31.2. The van der Waals surface area contributed by atoms with Crippen LogP contribution in [0.1, 0.15) is 6.92 Å². The first-order chi connectivity index (χ1) is 27.9. The van der Waals surface area contributed by atoms with Crippen molar-refractivity contribution in [3.63, 3.8) is 0 Å². The fourth-order valence-electron chi connectivity index (χ4n) is 7.43. The van der Waals surface area contributed by atoms with E-state index in [1.807, 2.05) is 0 Å². The van der Waals surface area contributed by atoms with Crippen molar-refractivity contribution in [1.82, 2.24) is 5.32 Å². The molecule has 27 nitrogen and oxygen atoms in total. The summed E-state index contributed by atoms with van der Waals surface area (Å²) in [5, 5.41) is 169. The molecular formula is C32H55NO26. The summed E-state index contributed by atoms with van der Waals surface area (Å²) in [6.45, 7) is -3.58. The molecule has 17 N–H and O–H groups in total. The van der Waals surface area contributed by atoms with Gasteiger partial charge in [0.25, 0.3) is 0 Å². The number of carbonyl (C=O) groups excluding carboxylic acids is 1. The summed E-state index contributed by atoms with van der Waals surface area (Å²) in [5.74, 6) is -0.805. The zero-order valence-corrected chi connectivity index (χ0v) is 31.2. The van der Waals surface area contributed by atoms with Gasteiger partial charge in [-0.15, -0.1) is 0 Å². The van der Waals surface area contributed by atoms with E-state index >= 15 is 0 Å². The standard InChI is InChI=1S/C32H55NO26/c1-7(39)33-13-26(58-30-21(47)17(43)14(40)8(2-34)53-30)15(41)9(3-35)52-29(13)59-27-16(42)10(4-36)54-32(23(27)49)57-25-12(6-38)55-31(22(48)19(25)45)56-24-11(5-37)51-28(50)20(46)18(24)44/h8-32,34-38,40-50H,2-6H2,1H3,(H,33,39)/t8?,9?,10?,11?,12?,13-,14?,15-,16+,17?,18?,19?,20-,21-,22-,23?,24+,25-,26?,27-,28?,29-,30-,31-,32-/m0/s1. The maximum Gasteiger partial charge on any atom is 0.217 e. The molecule has 5 saturated heterocycles. The number of nitrogens with one attached hydrogen (secondary N) is 1. The van der Waals surface area contributed by atoms with Gasteiger partial charge in [-0.2, -0.15) is 0 Å². The molecule has 5 aliphatic rings. The van der Waals surface area contributed by atoms with Gasteiger partial charge in [-0.1, -0.05) is 0 Å². The molecule has 0 aromatic rings. The summed E-state index contributed by atoms with van der Waals surface area (Å²) in [6.07, 6.45) is -44.4. The Kier molecular flexibility index (Phi) is 17.1. The molecular weight excluding hydrogens is 814 g/mol. The molecule has 0 aromatic carbocycles. The van der Waals surface area contributed by atoms with E-state index in [0.717, 1.165) is 6.92 Å². The average Bonchev–Trinajstić information content (AvgIpc) is 3.21. The third kappa shape index (κ3) is 10.2. The van der Waals surface area contributed by atoms with Crippen LogP contribution in [0.15, 0.2) is 0 Å². The second-order valence-corrected chi connectivity index (χ2v) is 14.7. The fraction of sp³-hybridized carbons (Fsp3) is 0.969. The highest BCUT2D eigenvalue weighted by molar-refractivity contribution is 5.73. The van der Waals surface area contributed by atoms with Gasteiger partial charge in [0.05, 0.1) is 33.0 Å². The molecule has 59 heavy (non-hydrogen) atoms. The van der Waals surface area contributed by atoms with E-state index in [1.165, 1.54) is 0 Å². The van der Waals surface area contributed by atoms with Gasteiger partial charge in [0, 0.05) is 6.92 Å². The number of aliphatic hydroxyl groups is 16. The van der Waals surface area contributed by atoms with Crippen LogP contribution in [0.5, 0.6) is 0 Å². The Hall–Kier alpha value is -1.53. The summed E-state index contributed by atoms with van der Waals surface area (Å²) in [4.78, 5) is 12.4. The molecule has 0 aliphatic carbocycles. The van der Waals surface area contributed by atoms with Crippen molar-refractivity contribution in [2.75, 3.05) is 33.0 Å². The monoisotopic (exact) mass is 869 g/mol. The SMILES string of the molecule is CC(=O)N[C@H]1C(O[C@@H]2OC(CO)C(O)C(O)[C@@H]2O)[C@@H](O)C(CO)O[C@H]1O[C@@H]1C(O)[C@H](O[C@H]2C(CO)O[C@@H](O[C@@H]3C(CO)OC(O)[C@@H](O)C3O)[C@@H](O)C2O)OC(CO)[C@H]1O. The topological polar surface area (TPSA) is 436 Å². The number of carbonyl (C=O) groups is 1. The van der Waals surface area contributed by atoms with Crippen LogP contribution in [0.25, 0.3) is 0 Å². The van der Waals surface area contributed by atoms with Crippen LogP contribution >= 0.6 is 0 Å². The third-order valence-electron chi connectivity index (χ3n) is 10.7.